The Balaban J connectivity index is 3.07. The van der Waals surface area contributed by atoms with Gasteiger partial charge in [0.15, 0.2) is 0 Å². The summed E-state index contributed by atoms with van der Waals surface area (Å²) in [6.45, 7) is 10.6. The van der Waals surface area contributed by atoms with Gasteiger partial charge in [0.1, 0.15) is 14.1 Å². The van der Waals surface area contributed by atoms with Crippen molar-refractivity contribution >= 4 is 23.8 Å². The third-order valence-corrected chi connectivity index (χ3v) is 11.6. The number of hydrogen-bond donors (Lipinski definition) is 1. The minimum absolute atomic E-state index is 0.0629. The van der Waals surface area contributed by atoms with Gasteiger partial charge in [0, 0.05) is 14.6 Å². The van der Waals surface area contributed by atoms with Crippen LogP contribution in [0.3, 0.4) is 0 Å². The van der Waals surface area contributed by atoms with E-state index >= 15 is 0 Å². The van der Waals surface area contributed by atoms with Gasteiger partial charge in [-0.2, -0.15) is 0 Å². The minimum Gasteiger partial charge on any atom is -0.263 e. The fourth-order valence-electron chi connectivity index (χ4n) is 1.28. The highest BCUT2D eigenvalue weighted by molar-refractivity contribution is 7.99. The molecule has 0 aliphatic heterocycles. The van der Waals surface area contributed by atoms with E-state index in [9.17, 15) is 8.60 Å². The van der Waals surface area contributed by atoms with Crippen LogP contribution in [0.2, 0.25) is 18.1 Å². The van der Waals surface area contributed by atoms with Crippen LogP contribution in [0.5, 0.6) is 0 Å². The van der Waals surface area contributed by atoms with Gasteiger partial charge in [-0.1, -0.05) is 33.9 Å². The van der Waals surface area contributed by atoms with Crippen LogP contribution in [0.15, 0.2) is 29.2 Å². The first kappa shape index (κ1) is 15.4. The second-order valence-electron chi connectivity index (χ2n) is 6.11. The van der Waals surface area contributed by atoms with Crippen LogP contribution in [0.1, 0.15) is 20.8 Å². The van der Waals surface area contributed by atoms with Gasteiger partial charge >= 0.3 is 0 Å². The van der Waals surface area contributed by atoms with E-state index in [-0.39, 0.29) is 10.9 Å². The first-order valence-corrected chi connectivity index (χ1v) is 10.6. The Kier molecular flexibility index (Phi) is 4.10. The van der Waals surface area contributed by atoms with Crippen molar-refractivity contribution in [2.75, 3.05) is 0 Å². The van der Waals surface area contributed by atoms with Crippen molar-refractivity contribution in [3.8, 4) is 0 Å². The molecule has 0 radical (unpaired) electrons. The molecule has 0 bridgehead atoms. The van der Waals surface area contributed by atoms with Crippen LogP contribution in [-0.4, -0.2) is 18.3 Å². The van der Waals surface area contributed by atoms with Crippen LogP contribution < -0.4 is 4.39 Å². The summed E-state index contributed by atoms with van der Waals surface area (Å²) in [7, 11) is -4.49. The summed E-state index contributed by atoms with van der Waals surface area (Å²) in [5, 5.41) is 0.0629. The van der Waals surface area contributed by atoms with Crippen molar-refractivity contribution in [2.45, 2.75) is 43.8 Å². The molecule has 1 rings (SSSR count). The van der Waals surface area contributed by atoms with Crippen molar-refractivity contribution in [1.29, 1.82) is 0 Å². The molecule has 18 heavy (non-hydrogen) atoms. The molecular formula is C13H22FNOSSi. The third-order valence-electron chi connectivity index (χ3n) is 3.49. The molecule has 0 heterocycles. The molecule has 5 heteroatoms. The number of nitrogens with one attached hydrogen (secondary N) is 1. The molecule has 1 aromatic carbocycles. The van der Waals surface area contributed by atoms with Crippen LogP contribution in [0, 0.1) is 5.82 Å². The summed E-state index contributed by atoms with van der Waals surface area (Å²) in [5.41, 5.74) is 0. The number of rotatable bonds is 3. The lowest BCUT2D eigenvalue weighted by Gasteiger charge is -2.38. The van der Waals surface area contributed by atoms with Crippen LogP contribution >= 0.6 is 0 Å². The molecule has 1 atom stereocenters. The summed E-state index contributed by atoms with van der Waals surface area (Å²) in [6.07, 6.45) is 0. The zero-order valence-electron chi connectivity index (χ0n) is 11.7. The van der Waals surface area contributed by atoms with Gasteiger partial charge in [-0.05, 0) is 35.2 Å². The Labute approximate surface area is 111 Å². The summed E-state index contributed by atoms with van der Waals surface area (Å²) in [4.78, 5) is 0.550. The van der Waals surface area contributed by atoms with Crippen molar-refractivity contribution in [3.05, 3.63) is 30.1 Å². The van der Waals surface area contributed by atoms with Crippen LogP contribution in [0.25, 0.3) is 0 Å². The molecule has 0 aliphatic rings. The molecular weight excluding hydrogens is 265 g/mol. The lowest BCUT2D eigenvalue weighted by Crippen LogP contribution is -2.54. The van der Waals surface area contributed by atoms with E-state index in [1.54, 1.807) is 0 Å². The van der Waals surface area contributed by atoms with E-state index in [0.29, 0.717) is 4.90 Å². The zero-order valence-corrected chi connectivity index (χ0v) is 13.5. The van der Waals surface area contributed by atoms with Gasteiger partial charge in [0.25, 0.3) is 0 Å². The minimum atomic E-state index is -2.57. The molecule has 0 aliphatic carbocycles. The second-order valence-corrected chi connectivity index (χ2v) is 13.5. The van der Waals surface area contributed by atoms with Crippen molar-refractivity contribution in [2.24, 2.45) is 0 Å². The molecule has 2 nitrogen and oxygen atoms in total. The predicted octanol–water partition coefficient (Wildman–Crippen LogP) is 3.41. The molecule has 1 aromatic rings. The smallest absolute Gasteiger partial charge is 0.138 e. The summed E-state index contributed by atoms with van der Waals surface area (Å²) < 4.78 is 28.8. The molecule has 0 saturated heterocycles. The summed E-state index contributed by atoms with van der Waals surface area (Å²) >= 11 is 0. The van der Waals surface area contributed by atoms with Gasteiger partial charge in [-0.25, -0.2) is 8.60 Å². The Morgan fingerprint density at radius 3 is 2.06 bits per heavy atom. The molecule has 102 valence electrons. The molecule has 0 fully saturated rings. The van der Waals surface area contributed by atoms with Crippen LogP contribution in [-0.2, 0) is 9.71 Å². The van der Waals surface area contributed by atoms with Crippen LogP contribution in [0.4, 0.5) is 4.39 Å². The van der Waals surface area contributed by atoms with Crippen molar-refractivity contribution in [1.82, 2.24) is 4.39 Å². The summed E-state index contributed by atoms with van der Waals surface area (Å²) in [5.74, 6) is 3.47. The Morgan fingerprint density at radius 1 is 1.22 bits per heavy atom. The van der Waals surface area contributed by atoms with E-state index in [2.05, 4.69) is 44.1 Å². The average molecular weight is 287 g/mol. The monoisotopic (exact) mass is 287 g/mol. The third kappa shape index (κ3) is 3.43. The molecule has 0 aromatic heterocycles. The van der Waals surface area contributed by atoms with Crippen molar-refractivity contribution < 1.29 is 8.60 Å². The topological polar surface area (TPSA) is 29.1 Å². The lowest BCUT2D eigenvalue weighted by molar-refractivity contribution is 0.626. The molecule has 1 N–H and O–H groups in total. The zero-order chi connectivity index (χ0) is 14.2. The highest BCUT2D eigenvalue weighted by Gasteiger charge is 2.37. The predicted molar refractivity (Wildman–Crippen MR) is 80.3 cm³/mol. The number of benzene rings is 1. The molecule has 0 saturated carbocycles. The Hall–Kier alpha value is -0.653. The Bertz CT molecular complexity index is 515. The molecule has 0 spiro atoms. The molecule has 0 amide bonds. The lowest BCUT2D eigenvalue weighted by atomic mass is 10.2. The fourth-order valence-corrected chi connectivity index (χ4v) is 6.85. The average Bonchev–Trinajstić information content (AvgIpc) is 2.14. The SMILES string of the molecule is C=S(=O)(N[Si](C)(C)C(C)(C)C)c1ccc(F)cc1. The first-order valence-electron chi connectivity index (χ1n) is 5.87. The maximum absolute atomic E-state index is 12.9. The van der Waals surface area contributed by atoms with E-state index in [0.717, 1.165) is 0 Å². The summed E-state index contributed by atoms with van der Waals surface area (Å²) in [6, 6.07) is 5.69. The first-order chi connectivity index (χ1) is 7.96. The highest BCUT2D eigenvalue weighted by atomic mass is 32.2. The standard InChI is InChI=1S/C13H22FNOSSi/c1-13(2,3)18(5,6)15-17(4,16)12-9-7-11(14)8-10-12/h7-10H,4H2,1-3,5-6H3,(H,15,16). The van der Waals surface area contributed by atoms with Crippen molar-refractivity contribution in [3.63, 3.8) is 0 Å². The van der Waals surface area contributed by atoms with Gasteiger partial charge in [-0.15, -0.1) is 0 Å². The number of hydrogen-bond acceptors (Lipinski definition) is 1. The highest BCUT2D eigenvalue weighted by Crippen LogP contribution is 2.34. The second kappa shape index (κ2) is 4.79. The van der Waals surface area contributed by atoms with E-state index < -0.39 is 17.9 Å². The number of halogens is 1. The largest absolute Gasteiger partial charge is 0.263 e. The van der Waals surface area contributed by atoms with E-state index in [1.807, 2.05) is 0 Å². The quantitative estimate of drug-likeness (QED) is 0.670. The van der Waals surface area contributed by atoms with Gasteiger partial charge in [0.2, 0.25) is 0 Å². The Morgan fingerprint density at radius 2 is 1.67 bits per heavy atom. The molecule has 1 unspecified atom stereocenters. The van der Waals surface area contributed by atoms with Gasteiger partial charge < -0.3 is 0 Å². The maximum Gasteiger partial charge on any atom is 0.138 e. The van der Waals surface area contributed by atoms with E-state index in [4.69, 9.17) is 0 Å². The van der Waals surface area contributed by atoms with Gasteiger partial charge in [-0.3, -0.25) is 4.39 Å². The van der Waals surface area contributed by atoms with E-state index in [1.165, 1.54) is 24.3 Å². The normalized spacial score (nSPS) is 16.3. The maximum atomic E-state index is 12.9. The fraction of sp³-hybridized carbons (Fsp3) is 0.462. The van der Waals surface area contributed by atoms with Gasteiger partial charge in [0.05, 0.1) is 0 Å².